The number of aryl methyl sites for hydroxylation is 1. The van der Waals surface area contributed by atoms with Crippen LogP contribution in [-0.4, -0.2) is 10.6 Å². The van der Waals surface area contributed by atoms with Crippen molar-refractivity contribution in [1.29, 1.82) is 0 Å². The maximum Gasteiger partial charge on any atom is 0.129 e. The molecule has 0 bridgehead atoms. The Bertz CT molecular complexity index is 1060. The molecule has 1 aromatic heterocycles. The monoisotopic (exact) mass is 410 g/mol. The van der Waals surface area contributed by atoms with Crippen LogP contribution in [-0.2, 0) is 5.54 Å². The molecule has 0 atom stereocenters. The lowest BCUT2D eigenvalue weighted by molar-refractivity contribution is 0.309. The fraction of sp³-hybridized carbons (Fsp3) is 0.348. The summed E-state index contributed by atoms with van der Waals surface area (Å²) < 4.78 is 8.83. The van der Waals surface area contributed by atoms with Gasteiger partial charge in [-0.05, 0) is 63.1 Å². The van der Waals surface area contributed by atoms with E-state index in [-0.39, 0.29) is 5.54 Å². The number of aromatic nitrogens is 1. The first-order chi connectivity index (χ1) is 13.4. The molecule has 0 saturated carbocycles. The first-order valence-electron chi connectivity index (χ1n) is 9.80. The Hall–Kier alpha value is -2.11. The summed E-state index contributed by atoms with van der Waals surface area (Å²) in [5.41, 5.74) is 5.70. The van der Waals surface area contributed by atoms with Gasteiger partial charge >= 0.3 is 0 Å². The van der Waals surface area contributed by atoms with Gasteiger partial charge < -0.3 is 10.1 Å². The Labute approximate surface area is 176 Å². The Morgan fingerprint density at radius 1 is 1.14 bits per heavy atom. The molecular weight excluding hydrogens is 384 g/mol. The summed E-state index contributed by atoms with van der Waals surface area (Å²) in [5, 5.41) is 3.69. The molecule has 146 valence electrons. The van der Waals surface area contributed by atoms with Crippen LogP contribution >= 0.6 is 23.8 Å². The minimum absolute atomic E-state index is 0.164. The minimum atomic E-state index is -0.164. The van der Waals surface area contributed by atoms with Gasteiger partial charge in [-0.1, -0.05) is 49.2 Å². The second kappa shape index (κ2) is 7.37. The molecule has 0 saturated heterocycles. The molecule has 4 rings (SSSR count). The Morgan fingerprint density at radius 3 is 2.61 bits per heavy atom. The van der Waals surface area contributed by atoms with Crippen molar-refractivity contribution < 1.29 is 4.74 Å². The van der Waals surface area contributed by atoms with Crippen molar-refractivity contribution in [3.05, 3.63) is 57.5 Å². The van der Waals surface area contributed by atoms with E-state index >= 15 is 0 Å². The van der Waals surface area contributed by atoms with E-state index in [1.807, 2.05) is 12.1 Å². The van der Waals surface area contributed by atoms with Gasteiger partial charge in [0.2, 0.25) is 0 Å². The predicted molar refractivity (Wildman–Crippen MR) is 122 cm³/mol. The number of anilines is 1. The molecule has 0 amide bonds. The van der Waals surface area contributed by atoms with Crippen LogP contribution in [0.25, 0.3) is 16.8 Å². The topological polar surface area (TPSA) is 26.2 Å². The summed E-state index contributed by atoms with van der Waals surface area (Å²) in [5.74, 6) is 0.910. The van der Waals surface area contributed by atoms with Crippen LogP contribution < -0.4 is 10.1 Å². The van der Waals surface area contributed by atoms with Crippen molar-refractivity contribution >= 4 is 29.4 Å². The van der Waals surface area contributed by atoms with Crippen LogP contribution in [0.5, 0.6) is 5.75 Å². The highest BCUT2D eigenvalue weighted by Gasteiger charge is 2.34. The number of fused-ring (bicyclic) bond motifs is 3. The second-order valence-corrected chi connectivity index (χ2v) is 9.23. The van der Waals surface area contributed by atoms with Crippen molar-refractivity contribution in [1.82, 2.24) is 3.96 Å². The molecule has 0 radical (unpaired) electrons. The normalized spacial score (nSPS) is 14.1. The molecule has 0 aliphatic carbocycles. The highest BCUT2D eigenvalue weighted by molar-refractivity contribution is 7.71. The van der Waals surface area contributed by atoms with Crippen LogP contribution in [0.15, 0.2) is 42.5 Å². The number of ether oxygens (including phenoxy) is 1. The first-order valence-corrected chi connectivity index (χ1v) is 11.0. The number of rotatable bonds is 5. The van der Waals surface area contributed by atoms with Crippen LogP contribution in [0.2, 0.25) is 0 Å². The molecule has 1 N–H and O–H groups in total. The third-order valence-electron chi connectivity index (χ3n) is 5.11. The SMILES string of the molecule is CCCCOc1ccc(-n2sc3c(c2=S)-c2ccc(C)cc2NC3(C)C)cc1. The van der Waals surface area contributed by atoms with Gasteiger partial charge in [-0.2, -0.15) is 0 Å². The maximum atomic E-state index is 5.94. The third kappa shape index (κ3) is 3.38. The van der Waals surface area contributed by atoms with Crippen molar-refractivity contribution in [2.45, 2.75) is 46.1 Å². The van der Waals surface area contributed by atoms with Gasteiger partial charge in [-0.15, -0.1) is 0 Å². The fourth-order valence-electron chi connectivity index (χ4n) is 3.60. The Morgan fingerprint density at radius 2 is 1.89 bits per heavy atom. The zero-order valence-corrected chi connectivity index (χ0v) is 18.5. The average molecular weight is 411 g/mol. The molecule has 1 aliphatic heterocycles. The maximum absolute atomic E-state index is 5.94. The van der Waals surface area contributed by atoms with Gasteiger partial charge in [0.25, 0.3) is 0 Å². The van der Waals surface area contributed by atoms with Crippen LogP contribution in [0.3, 0.4) is 0 Å². The molecule has 0 spiro atoms. The molecular formula is C23H26N2OS2. The Balaban J connectivity index is 1.76. The lowest BCUT2D eigenvalue weighted by atomic mass is 9.89. The molecule has 3 aromatic rings. The minimum Gasteiger partial charge on any atom is -0.494 e. The number of unbranched alkanes of at least 4 members (excludes halogenated alkanes) is 1. The summed E-state index contributed by atoms with van der Waals surface area (Å²) in [6, 6.07) is 14.8. The highest BCUT2D eigenvalue weighted by Crippen LogP contribution is 2.47. The molecule has 2 aromatic carbocycles. The smallest absolute Gasteiger partial charge is 0.129 e. The number of hydrogen-bond acceptors (Lipinski definition) is 4. The van der Waals surface area contributed by atoms with E-state index in [1.54, 1.807) is 11.5 Å². The largest absolute Gasteiger partial charge is 0.494 e. The lowest BCUT2D eigenvalue weighted by Crippen LogP contribution is -2.30. The second-order valence-electron chi connectivity index (χ2n) is 7.89. The van der Waals surface area contributed by atoms with Gasteiger partial charge in [-0.3, -0.25) is 3.96 Å². The molecule has 0 fully saturated rings. The van der Waals surface area contributed by atoms with Crippen LogP contribution in [0.1, 0.15) is 44.1 Å². The number of nitrogens with one attached hydrogen (secondary N) is 1. The third-order valence-corrected chi connectivity index (χ3v) is 7.08. The standard InChI is InChI=1S/C23H26N2OS2/c1-5-6-13-26-17-10-8-16(9-11-17)25-22(27)20-18-12-7-15(2)14-19(18)24-23(3,4)21(20)28-25/h7-12,14,24H,5-6,13H2,1-4H3. The van der Waals surface area contributed by atoms with E-state index in [0.29, 0.717) is 0 Å². The number of nitrogens with zero attached hydrogens (tertiary/aromatic N) is 1. The van der Waals surface area contributed by atoms with Gasteiger partial charge in [-0.25, -0.2) is 0 Å². The molecule has 0 unspecified atom stereocenters. The summed E-state index contributed by atoms with van der Waals surface area (Å²) in [4.78, 5) is 1.28. The molecule has 28 heavy (non-hydrogen) atoms. The van der Waals surface area contributed by atoms with Gasteiger partial charge in [0.05, 0.1) is 22.7 Å². The van der Waals surface area contributed by atoms with Crippen LogP contribution in [0.4, 0.5) is 5.69 Å². The van der Waals surface area contributed by atoms with Crippen LogP contribution in [0, 0.1) is 11.6 Å². The first kappa shape index (κ1) is 19.2. The fourth-order valence-corrected chi connectivity index (χ4v) is 5.25. The molecule has 5 heteroatoms. The summed E-state index contributed by atoms with van der Waals surface area (Å²) in [6.45, 7) is 9.49. The van der Waals surface area contributed by atoms with Gasteiger partial charge in [0.15, 0.2) is 0 Å². The number of benzene rings is 2. The van der Waals surface area contributed by atoms with E-state index in [1.165, 1.54) is 21.6 Å². The summed E-state index contributed by atoms with van der Waals surface area (Å²) in [7, 11) is 0. The summed E-state index contributed by atoms with van der Waals surface area (Å²) in [6.07, 6.45) is 2.21. The Kier molecular flexibility index (Phi) is 5.06. The van der Waals surface area contributed by atoms with E-state index in [2.05, 4.69) is 67.3 Å². The predicted octanol–water partition coefficient (Wildman–Crippen LogP) is 7.08. The molecule has 1 aliphatic rings. The van der Waals surface area contributed by atoms with Crippen molar-refractivity contribution in [3.8, 4) is 22.6 Å². The molecule has 3 nitrogen and oxygen atoms in total. The summed E-state index contributed by atoms with van der Waals surface area (Å²) >= 11 is 7.66. The van der Waals surface area contributed by atoms with Crippen molar-refractivity contribution in [2.75, 3.05) is 11.9 Å². The molecule has 2 heterocycles. The number of hydrogen-bond donors (Lipinski definition) is 1. The van der Waals surface area contributed by atoms with Crippen molar-refractivity contribution in [3.63, 3.8) is 0 Å². The van der Waals surface area contributed by atoms with E-state index < -0.39 is 0 Å². The van der Waals surface area contributed by atoms with Gasteiger partial charge in [0.1, 0.15) is 10.4 Å². The lowest BCUT2D eigenvalue weighted by Gasteiger charge is -2.33. The van der Waals surface area contributed by atoms with Crippen molar-refractivity contribution in [2.24, 2.45) is 0 Å². The highest BCUT2D eigenvalue weighted by atomic mass is 32.1. The van der Waals surface area contributed by atoms with E-state index in [0.717, 1.165) is 41.2 Å². The average Bonchev–Trinajstić information content (AvgIpc) is 3.01. The van der Waals surface area contributed by atoms with Gasteiger partial charge in [0, 0.05) is 16.8 Å². The van der Waals surface area contributed by atoms with E-state index in [9.17, 15) is 0 Å². The van der Waals surface area contributed by atoms with E-state index in [4.69, 9.17) is 17.0 Å². The zero-order chi connectivity index (χ0) is 19.9. The zero-order valence-electron chi connectivity index (χ0n) is 16.8. The quantitative estimate of drug-likeness (QED) is 0.359.